The number of carbonyl (C=O) groups is 2. The molecule has 0 bridgehead atoms. The number of aryl methyl sites for hydroxylation is 1. The van der Waals surface area contributed by atoms with E-state index >= 15 is 0 Å². The van der Waals surface area contributed by atoms with Crippen molar-refractivity contribution in [1.29, 1.82) is 0 Å². The van der Waals surface area contributed by atoms with Crippen LogP contribution in [0.2, 0.25) is 0 Å². The van der Waals surface area contributed by atoms with Gasteiger partial charge in [0, 0.05) is 45.0 Å². The number of carbonyl (C=O) groups excluding carboxylic acids is 2. The lowest BCUT2D eigenvalue weighted by Crippen LogP contribution is -2.53. The number of rotatable bonds is 5. The summed E-state index contributed by atoms with van der Waals surface area (Å²) in [6.45, 7) is 10.3. The Morgan fingerprint density at radius 3 is 2.32 bits per heavy atom. The predicted molar refractivity (Wildman–Crippen MR) is 124 cm³/mol. The van der Waals surface area contributed by atoms with Crippen LogP contribution in [0.1, 0.15) is 43.2 Å². The Kier molecular flexibility index (Phi) is 7.28. The Morgan fingerprint density at radius 1 is 0.903 bits per heavy atom. The topological polar surface area (TPSA) is 55.9 Å². The second kappa shape index (κ2) is 10.1. The Morgan fingerprint density at radius 2 is 1.58 bits per heavy atom. The van der Waals surface area contributed by atoms with Gasteiger partial charge in [-0.15, -0.1) is 0 Å². The number of amides is 2. The van der Waals surface area contributed by atoms with E-state index in [1.807, 2.05) is 19.1 Å². The third-order valence-corrected chi connectivity index (χ3v) is 7.71. The van der Waals surface area contributed by atoms with Crippen LogP contribution in [-0.2, 0) is 9.59 Å². The molecular formula is C25H38N4O2. The highest BCUT2D eigenvalue weighted by Crippen LogP contribution is 2.36. The van der Waals surface area contributed by atoms with Crippen molar-refractivity contribution in [2.45, 2.75) is 46.0 Å². The van der Waals surface area contributed by atoms with Crippen LogP contribution >= 0.6 is 0 Å². The lowest BCUT2D eigenvalue weighted by atomic mass is 9.75. The number of hydrogen-bond acceptors (Lipinski definition) is 4. The van der Waals surface area contributed by atoms with Gasteiger partial charge in [0.25, 0.3) is 0 Å². The molecule has 0 spiro atoms. The standard InChI is InChI=1S/C25H38N4O2/c1-19-6-5-9-23(20(19)2)26-24(30)17-27-12-14-28(15-13-27)18-25(31)29-11-10-21-7-3-4-8-22(21)16-29/h5-6,9,21-22H,3-4,7-8,10-18H2,1-2H3,(H,26,30)/t21-,22+/m1/s1. The maximum Gasteiger partial charge on any atom is 0.238 e. The van der Waals surface area contributed by atoms with Gasteiger partial charge < -0.3 is 10.2 Å². The average Bonchev–Trinajstić information content (AvgIpc) is 2.78. The number of benzene rings is 1. The Labute approximate surface area is 187 Å². The van der Waals surface area contributed by atoms with Gasteiger partial charge in [-0.1, -0.05) is 31.4 Å². The lowest BCUT2D eigenvalue weighted by molar-refractivity contribution is -0.136. The highest BCUT2D eigenvalue weighted by atomic mass is 16.2. The molecule has 31 heavy (non-hydrogen) atoms. The summed E-state index contributed by atoms with van der Waals surface area (Å²) < 4.78 is 0. The molecule has 3 fully saturated rings. The molecule has 3 aliphatic rings. The van der Waals surface area contributed by atoms with E-state index in [0.29, 0.717) is 19.0 Å². The minimum absolute atomic E-state index is 0.0357. The molecule has 1 aliphatic carbocycles. The van der Waals surface area contributed by atoms with Crippen LogP contribution in [0.25, 0.3) is 0 Å². The molecule has 2 aliphatic heterocycles. The monoisotopic (exact) mass is 426 g/mol. The first kappa shape index (κ1) is 22.3. The number of fused-ring (bicyclic) bond motifs is 1. The van der Waals surface area contributed by atoms with Gasteiger partial charge in [0.15, 0.2) is 0 Å². The molecule has 4 rings (SSSR count). The zero-order valence-electron chi connectivity index (χ0n) is 19.2. The van der Waals surface area contributed by atoms with Gasteiger partial charge in [0.1, 0.15) is 0 Å². The average molecular weight is 427 g/mol. The fourth-order valence-electron chi connectivity index (χ4n) is 5.50. The van der Waals surface area contributed by atoms with Gasteiger partial charge in [0.2, 0.25) is 11.8 Å². The van der Waals surface area contributed by atoms with E-state index in [9.17, 15) is 9.59 Å². The molecule has 2 amide bonds. The first-order valence-corrected chi connectivity index (χ1v) is 12.1. The first-order chi connectivity index (χ1) is 15.0. The molecule has 0 aromatic heterocycles. The number of piperazine rings is 1. The highest BCUT2D eigenvalue weighted by molar-refractivity contribution is 5.93. The second-order valence-corrected chi connectivity index (χ2v) is 9.78. The molecule has 2 heterocycles. The van der Waals surface area contributed by atoms with Crippen molar-refractivity contribution in [2.75, 3.05) is 57.7 Å². The molecule has 1 aromatic rings. The second-order valence-electron chi connectivity index (χ2n) is 9.78. The normalized spacial score (nSPS) is 25.2. The quantitative estimate of drug-likeness (QED) is 0.787. The summed E-state index contributed by atoms with van der Waals surface area (Å²) in [5.41, 5.74) is 3.20. The number of likely N-dealkylation sites (tertiary alicyclic amines) is 1. The summed E-state index contributed by atoms with van der Waals surface area (Å²) in [6, 6.07) is 5.99. The molecule has 6 nitrogen and oxygen atoms in total. The van der Waals surface area contributed by atoms with Crippen molar-refractivity contribution < 1.29 is 9.59 Å². The number of nitrogens with one attached hydrogen (secondary N) is 1. The molecule has 2 saturated heterocycles. The minimum atomic E-state index is 0.0357. The molecule has 6 heteroatoms. The van der Waals surface area contributed by atoms with Crippen molar-refractivity contribution in [1.82, 2.24) is 14.7 Å². The zero-order chi connectivity index (χ0) is 21.8. The van der Waals surface area contributed by atoms with Crippen LogP contribution in [0.5, 0.6) is 0 Å². The van der Waals surface area contributed by atoms with Crippen molar-refractivity contribution >= 4 is 17.5 Å². The molecule has 1 saturated carbocycles. The van der Waals surface area contributed by atoms with E-state index in [-0.39, 0.29) is 5.91 Å². The van der Waals surface area contributed by atoms with Crippen molar-refractivity contribution in [3.8, 4) is 0 Å². The third-order valence-electron chi connectivity index (χ3n) is 7.71. The first-order valence-electron chi connectivity index (χ1n) is 12.1. The zero-order valence-corrected chi connectivity index (χ0v) is 19.2. The summed E-state index contributed by atoms with van der Waals surface area (Å²) in [5, 5.41) is 3.05. The van der Waals surface area contributed by atoms with Gasteiger partial charge in [-0.25, -0.2) is 0 Å². The van der Waals surface area contributed by atoms with Crippen LogP contribution in [-0.4, -0.2) is 78.9 Å². The number of hydrogen-bond donors (Lipinski definition) is 1. The third kappa shape index (κ3) is 5.66. The van der Waals surface area contributed by atoms with Crippen LogP contribution in [0, 0.1) is 25.7 Å². The summed E-state index contributed by atoms with van der Waals surface area (Å²) in [6.07, 6.45) is 6.58. The smallest absolute Gasteiger partial charge is 0.238 e. The summed E-state index contributed by atoms with van der Waals surface area (Å²) in [5.74, 6) is 1.92. The van der Waals surface area contributed by atoms with Crippen LogP contribution in [0.3, 0.4) is 0 Å². The fourth-order valence-corrected chi connectivity index (χ4v) is 5.50. The van der Waals surface area contributed by atoms with Gasteiger partial charge in [0.05, 0.1) is 13.1 Å². The van der Waals surface area contributed by atoms with E-state index in [0.717, 1.165) is 62.4 Å². The number of anilines is 1. The fraction of sp³-hybridized carbons (Fsp3) is 0.680. The van der Waals surface area contributed by atoms with Gasteiger partial charge >= 0.3 is 0 Å². The summed E-state index contributed by atoms with van der Waals surface area (Å²) in [4.78, 5) is 31.9. The van der Waals surface area contributed by atoms with Gasteiger partial charge in [-0.3, -0.25) is 19.4 Å². The Bertz CT molecular complexity index is 788. The Balaban J connectivity index is 1.18. The van der Waals surface area contributed by atoms with E-state index in [4.69, 9.17) is 0 Å². The number of nitrogens with zero attached hydrogens (tertiary/aromatic N) is 3. The SMILES string of the molecule is Cc1cccc(NC(=O)CN2CCN(CC(=O)N3CC[C@H]4CCCC[C@H]4C3)CC2)c1C. The molecule has 2 atom stereocenters. The van der Waals surface area contributed by atoms with E-state index in [1.54, 1.807) is 0 Å². The van der Waals surface area contributed by atoms with Crippen LogP contribution < -0.4 is 5.32 Å². The molecule has 0 radical (unpaired) electrons. The van der Waals surface area contributed by atoms with Crippen molar-refractivity contribution in [3.63, 3.8) is 0 Å². The molecule has 0 unspecified atom stereocenters. The number of piperidine rings is 1. The largest absolute Gasteiger partial charge is 0.341 e. The van der Waals surface area contributed by atoms with Gasteiger partial charge in [-0.2, -0.15) is 0 Å². The van der Waals surface area contributed by atoms with E-state index < -0.39 is 0 Å². The van der Waals surface area contributed by atoms with E-state index in [1.165, 1.54) is 37.7 Å². The summed E-state index contributed by atoms with van der Waals surface area (Å²) in [7, 11) is 0. The molecule has 1 N–H and O–H groups in total. The molecule has 1 aromatic carbocycles. The highest BCUT2D eigenvalue weighted by Gasteiger charge is 2.33. The van der Waals surface area contributed by atoms with Crippen LogP contribution in [0.15, 0.2) is 18.2 Å². The van der Waals surface area contributed by atoms with E-state index in [2.05, 4.69) is 33.0 Å². The Hall–Kier alpha value is -1.92. The van der Waals surface area contributed by atoms with Gasteiger partial charge in [-0.05, 0) is 55.7 Å². The maximum absolute atomic E-state index is 12.9. The molecule has 170 valence electrons. The van der Waals surface area contributed by atoms with Crippen molar-refractivity contribution in [3.05, 3.63) is 29.3 Å². The lowest BCUT2D eigenvalue weighted by Gasteiger charge is -2.42. The predicted octanol–water partition coefficient (Wildman–Crippen LogP) is 2.90. The minimum Gasteiger partial charge on any atom is -0.341 e. The maximum atomic E-state index is 12.9. The van der Waals surface area contributed by atoms with Crippen LogP contribution in [0.4, 0.5) is 5.69 Å². The summed E-state index contributed by atoms with van der Waals surface area (Å²) >= 11 is 0. The molecular weight excluding hydrogens is 388 g/mol. The van der Waals surface area contributed by atoms with Crippen molar-refractivity contribution in [2.24, 2.45) is 11.8 Å².